The van der Waals surface area contributed by atoms with E-state index in [9.17, 15) is 9.59 Å². The summed E-state index contributed by atoms with van der Waals surface area (Å²) in [5.41, 5.74) is 0. The number of nitrogens with one attached hydrogen (secondary N) is 2. The highest BCUT2D eigenvalue weighted by molar-refractivity contribution is 5.76. The van der Waals surface area contributed by atoms with Crippen LogP contribution in [0.2, 0.25) is 0 Å². The van der Waals surface area contributed by atoms with E-state index in [1.165, 1.54) is 0 Å². The van der Waals surface area contributed by atoms with Crippen LogP contribution in [0, 0.1) is 5.92 Å². The van der Waals surface area contributed by atoms with Crippen LogP contribution in [0.1, 0.15) is 12.8 Å². The molecule has 1 rings (SSSR count). The van der Waals surface area contributed by atoms with E-state index in [-0.39, 0.29) is 6.54 Å². The summed E-state index contributed by atoms with van der Waals surface area (Å²) in [5, 5.41) is 22.2. The fourth-order valence-corrected chi connectivity index (χ4v) is 1.54. The number of aliphatic hydroxyl groups excluding tert-OH is 1. The standard InChI is InChI=1S/C10H18N2O5/c13-8(9(14)15)5-12-10(16)11-3-1-7-2-4-17-6-7/h7-8,13H,1-6H2,(H,14,15)(H2,11,12,16). The molecule has 1 aliphatic heterocycles. The average Bonchev–Trinajstić information content (AvgIpc) is 2.78. The molecule has 1 heterocycles. The molecule has 1 saturated heterocycles. The zero-order valence-corrected chi connectivity index (χ0v) is 9.52. The Morgan fingerprint density at radius 1 is 1.41 bits per heavy atom. The molecular weight excluding hydrogens is 228 g/mol. The molecule has 0 aromatic rings. The van der Waals surface area contributed by atoms with Gasteiger partial charge in [-0.05, 0) is 18.8 Å². The van der Waals surface area contributed by atoms with Gasteiger partial charge in [0.25, 0.3) is 0 Å². The lowest BCUT2D eigenvalue weighted by atomic mass is 10.1. The number of carbonyl (C=O) groups is 2. The van der Waals surface area contributed by atoms with Gasteiger partial charge in [0.05, 0.1) is 6.54 Å². The molecule has 0 radical (unpaired) electrons. The second-order valence-electron chi connectivity index (χ2n) is 4.01. The van der Waals surface area contributed by atoms with Crippen molar-refractivity contribution in [3.8, 4) is 0 Å². The Morgan fingerprint density at radius 3 is 2.76 bits per heavy atom. The quantitative estimate of drug-likeness (QED) is 0.488. The summed E-state index contributed by atoms with van der Waals surface area (Å²) in [5.74, 6) is -0.867. The van der Waals surface area contributed by atoms with Crippen molar-refractivity contribution in [2.24, 2.45) is 5.92 Å². The molecule has 0 aromatic heterocycles. The number of carboxylic acid groups (broad SMARTS) is 1. The highest BCUT2D eigenvalue weighted by Crippen LogP contribution is 2.14. The molecule has 0 aromatic carbocycles. The van der Waals surface area contributed by atoms with Gasteiger partial charge in [-0.25, -0.2) is 9.59 Å². The van der Waals surface area contributed by atoms with E-state index >= 15 is 0 Å². The number of ether oxygens (including phenoxy) is 1. The summed E-state index contributed by atoms with van der Waals surface area (Å²) in [7, 11) is 0. The van der Waals surface area contributed by atoms with Gasteiger partial charge in [0.2, 0.25) is 0 Å². The summed E-state index contributed by atoms with van der Waals surface area (Å²) < 4.78 is 5.19. The lowest BCUT2D eigenvalue weighted by molar-refractivity contribution is -0.146. The van der Waals surface area contributed by atoms with Gasteiger partial charge in [0.1, 0.15) is 0 Å². The van der Waals surface area contributed by atoms with Crippen LogP contribution in [0.3, 0.4) is 0 Å². The molecule has 0 bridgehead atoms. The van der Waals surface area contributed by atoms with Crippen molar-refractivity contribution in [2.75, 3.05) is 26.3 Å². The van der Waals surface area contributed by atoms with E-state index in [1.807, 2.05) is 0 Å². The maximum atomic E-state index is 11.2. The third kappa shape index (κ3) is 5.50. The van der Waals surface area contributed by atoms with Crippen molar-refractivity contribution in [1.82, 2.24) is 10.6 Å². The summed E-state index contributed by atoms with van der Waals surface area (Å²) in [6, 6.07) is -0.468. The van der Waals surface area contributed by atoms with Crippen molar-refractivity contribution < 1.29 is 24.5 Å². The highest BCUT2D eigenvalue weighted by Gasteiger charge is 2.16. The molecule has 2 unspecified atom stereocenters. The SMILES string of the molecule is O=C(NCCC1CCOC1)NCC(O)C(=O)O. The van der Waals surface area contributed by atoms with Crippen molar-refractivity contribution in [3.05, 3.63) is 0 Å². The van der Waals surface area contributed by atoms with Crippen LogP contribution in [0.5, 0.6) is 0 Å². The Hall–Kier alpha value is -1.34. The fourth-order valence-electron chi connectivity index (χ4n) is 1.54. The van der Waals surface area contributed by atoms with Crippen LogP contribution in [0.15, 0.2) is 0 Å². The molecule has 0 aliphatic carbocycles. The first-order valence-electron chi connectivity index (χ1n) is 5.60. The van der Waals surface area contributed by atoms with E-state index < -0.39 is 18.1 Å². The van der Waals surface area contributed by atoms with Crippen LogP contribution < -0.4 is 10.6 Å². The molecule has 1 fully saturated rings. The topological polar surface area (TPSA) is 108 Å². The minimum absolute atomic E-state index is 0.298. The third-order valence-corrected chi connectivity index (χ3v) is 2.60. The molecule has 1 aliphatic rings. The minimum Gasteiger partial charge on any atom is -0.479 e. The van der Waals surface area contributed by atoms with Gasteiger partial charge in [-0.15, -0.1) is 0 Å². The van der Waals surface area contributed by atoms with Gasteiger partial charge < -0.3 is 25.6 Å². The number of aliphatic carboxylic acids is 1. The first kappa shape index (κ1) is 13.7. The smallest absolute Gasteiger partial charge is 0.334 e. The molecule has 7 nitrogen and oxygen atoms in total. The maximum Gasteiger partial charge on any atom is 0.334 e. The van der Waals surface area contributed by atoms with Gasteiger partial charge >= 0.3 is 12.0 Å². The summed E-state index contributed by atoms with van der Waals surface area (Å²) in [6.07, 6.45) is 0.291. The van der Waals surface area contributed by atoms with Crippen LogP contribution in [-0.2, 0) is 9.53 Å². The summed E-state index contributed by atoms with van der Waals surface area (Å²) >= 11 is 0. The highest BCUT2D eigenvalue weighted by atomic mass is 16.5. The Bertz CT molecular complexity index is 265. The fraction of sp³-hybridized carbons (Fsp3) is 0.800. The largest absolute Gasteiger partial charge is 0.479 e. The number of carbonyl (C=O) groups excluding carboxylic acids is 1. The zero-order valence-electron chi connectivity index (χ0n) is 9.52. The third-order valence-electron chi connectivity index (χ3n) is 2.60. The molecular formula is C10H18N2O5. The molecule has 7 heteroatoms. The Kier molecular flexibility index (Phi) is 5.71. The van der Waals surface area contributed by atoms with Crippen LogP contribution in [-0.4, -0.2) is 54.6 Å². The molecule has 0 spiro atoms. The maximum absolute atomic E-state index is 11.2. The minimum atomic E-state index is -1.57. The Morgan fingerprint density at radius 2 is 2.18 bits per heavy atom. The number of amides is 2. The molecule has 2 atom stereocenters. The van der Waals surface area contributed by atoms with Gasteiger partial charge in [-0.1, -0.05) is 0 Å². The van der Waals surface area contributed by atoms with Crippen molar-refractivity contribution >= 4 is 12.0 Å². The predicted octanol–water partition coefficient (Wildman–Crippen LogP) is -0.842. The van der Waals surface area contributed by atoms with Crippen LogP contribution in [0.25, 0.3) is 0 Å². The van der Waals surface area contributed by atoms with Crippen molar-refractivity contribution in [1.29, 1.82) is 0 Å². The number of hydrogen-bond acceptors (Lipinski definition) is 4. The zero-order chi connectivity index (χ0) is 12.7. The van der Waals surface area contributed by atoms with Crippen LogP contribution in [0.4, 0.5) is 4.79 Å². The molecule has 4 N–H and O–H groups in total. The predicted molar refractivity (Wildman–Crippen MR) is 58.6 cm³/mol. The Labute approximate surface area is 99.1 Å². The van der Waals surface area contributed by atoms with Gasteiger partial charge in [-0.3, -0.25) is 0 Å². The molecule has 0 saturated carbocycles. The monoisotopic (exact) mass is 246 g/mol. The van der Waals surface area contributed by atoms with Gasteiger partial charge in [-0.2, -0.15) is 0 Å². The number of carboxylic acids is 1. The second kappa shape index (κ2) is 7.08. The van der Waals surface area contributed by atoms with Crippen molar-refractivity contribution in [3.63, 3.8) is 0 Å². The average molecular weight is 246 g/mol. The summed E-state index contributed by atoms with van der Waals surface area (Å²) in [4.78, 5) is 21.5. The number of rotatable bonds is 6. The van der Waals surface area contributed by atoms with E-state index in [2.05, 4.69) is 10.6 Å². The van der Waals surface area contributed by atoms with Gasteiger partial charge in [0, 0.05) is 19.8 Å². The van der Waals surface area contributed by atoms with Crippen molar-refractivity contribution in [2.45, 2.75) is 18.9 Å². The van der Waals surface area contributed by atoms with E-state index in [0.29, 0.717) is 12.5 Å². The molecule has 17 heavy (non-hydrogen) atoms. The lowest BCUT2D eigenvalue weighted by Crippen LogP contribution is -2.42. The van der Waals surface area contributed by atoms with E-state index in [0.717, 1.165) is 26.1 Å². The summed E-state index contributed by atoms with van der Waals surface area (Å²) in [6.45, 7) is 1.74. The van der Waals surface area contributed by atoms with Gasteiger partial charge in [0.15, 0.2) is 6.10 Å². The van der Waals surface area contributed by atoms with Crippen LogP contribution >= 0.6 is 0 Å². The molecule has 2 amide bonds. The second-order valence-corrected chi connectivity index (χ2v) is 4.01. The molecule has 98 valence electrons. The lowest BCUT2D eigenvalue weighted by Gasteiger charge is -2.11. The first-order valence-corrected chi connectivity index (χ1v) is 5.60. The van der Waals surface area contributed by atoms with E-state index in [4.69, 9.17) is 14.9 Å². The normalized spacial score (nSPS) is 20.9. The van der Waals surface area contributed by atoms with E-state index in [1.54, 1.807) is 0 Å². The number of aliphatic hydroxyl groups is 1. The number of urea groups is 1. The Balaban J connectivity index is 2.02. The first-order chi connectivity index (χ1) is 8.09. The number of hydrogen-bond donors (Lipinski definition) is 4.